The number of nitrogens with one attached hydrogen (secondary N) is 2. The molecule has 0 fully saturated rings. The van der Waals surface area contributed by atoms with Gasteiger partial charge in [-0.15, -0.1) is 0 Å². The molecule has 1 aromatic rings. The molecular weight excluding hydrogens is 299 g/mol. The van der Waals surface area contributed by atoms with E-state index in [9.17, 15) is 12.8 Å². The maximum absolute atomic E-state index is 13.9. The number of benzene rings is 1. The number of sulfonamides is 1. The molecule has 0 aliphatic rings. The normalized spacial score (nSPS) is 13.4. The van der Waals surface area contributed by atoms with Crippen molar-refractivity contribution >= 4 is 21.8 Å². The molecule has 114 valence electrons. The lowest BCUT2D eigenvalue weighted by atomic mass is 10.2. The van der Waals surface area contributed by atoms with Crippen molar-refractivity contribution < 1.29 is 12.8 Å². The summed E-state index contributed by atoms with van der Waals surface area (Å²) in [5.74, 6) is 0.334. The van der Waals surface area contributed by atoms with E-state index >= 15 is 0 Å². The lowest BCUT2D eigenvalue weighted by molar-refractivity contribution is 0.544. The van der Waals surface area contributed by atoms with Gasteiger partial charge in [0.1, 0.15) is 10.7 Å². The third-order valence-corrected chi connectivity index (χ3v) is 5.10. The van der Waals surface area contributed by atoms with Crippen LogP contribution in [0.15, 0.2) is 23.1 Å². The van der Waals surface area contributed by atoms with Crippen molar-refractivity contribution in [1.29, 1.82) is 0 Å². The van der Waals surface area contributed by atoms with Gasteiger partial charge in [-0.1, -0.05) is 13.0 Å². The van der Waals surface area contributed by atoms with Crippen LogP contribution in [0.25, 0.3) is 0 Å². The molecule has 1 rings (SSSR count). The first-order chi connectivity index (χ1) is 9.40. The van der Waals surface area contributed by atoms with Crippen LogP contribution in [-0.2, 0) is 16.6 Å². The fourth-order valence-electron chi connectivity index (χ4n) is 1.75. The molecule has 0 saturated carbocycles. The summed E-state index contributed by atoms with van der Waals surface area (Å²) in [7, 11) is -2.04. The van der Waals surface area contributed by atoms with Crippen LogP contribution in [-0.4, -0.2) is 34.0 Å². The summed E-state index contributed by atoms with van der Waals surface area (Å²) in [5.41, 5.74) is 0.708. The Hall–Kier alpha value is -0.630. The van der Waals surface area contributed by atoms with Crippen LogP contribution in [0.1, 0.15) is 12.5 Å². The summed E-state index contributed by atoms with van der Waals surface area (Å²) >= 11 is 1.65. The lowest BCUT2D eigenvalue weighted by Gasteiger charge is -2.12. The molecule has 0 saturated heterocycles. The van der Waals surface area contributed by atoms with Gasteiger partial charge in [0.25, 0.3) is 0 Å². The summed E-state index contributed by atoms with van der Waals surface area (Å²) in [4.78, 5) is -0.297. The van der Waals surface area contributed by atoms with Gasteiger partial charge in [-0.2, -0.15) is 11.8 Å². The van der Waals surface area contributed by atoms with Crippen LogP contribution < -0.4 is 10.0 Å². The highest BCUT2D eigenvalue weighted by molar-refractivity contribution is 7.98. The Balaban J connectivity index is 2.82. The highest BCUT2D eigenvalue weighted by Gasteiger charge is 2.19. The molecule has 20 heavy (non-hydrogen) atoms. The third-order valence-electron chi connectivity index (χ3n) is 2.74. The minimum atomic E-state index is -3.79. The summed E-state index contributed by atoms with van der Waals surface area (Å²) in [6.07, 6.45) is 1.96. The minimum absolute atomic E-state index is 0.200. The fraction of sp³-hybridized carbons (Fsp3) is 0.538. The average molecular weight is 320 g/mol. The van der Waals surface area contributed by atoms with Crippen LogP contribution in [0.3, 0.4) is 0 Å². The molecule has 1 aromatic carbocycles. The van der Waals surface area contributed by atoms with Crippen LogP contribution in [0, 0.1) is 11.7 Å². The van der Waals surface area contributed by atoms with E-state index < -0.39 is 15.8 Å². The zero-order valence-corrected chi connectivity index (χ0v) is 13.6. The fourth-order valence-corrected chi connectivity index (χ4v) is 3.66. The molecule has 0 spiro atoms. The average Bonchev–Trinajstić information content (AvgIpc) is 2.37. The second kappa shape index (κ2) is 7.97. The largest absolute Gasteiger partial charge is 0.316 e. The smallest absolute Gasteiger partial charge is 0.243 e. The molecule has 0 heterocycles. The summed E-state index contributed by atoms with van der Waals surface area (Å²) in [6.45, 7) is 2.75. The predicted molar refractivity (Wildman–Crippen MR) is 81.9 cm³/mol. The Bertz CT molecular complexity index is 535. The molecule has 0 aliphatic carbocycles. The van der Waals surface area contributed by atoms with Gasteiger partial charge in [-0.05, 0) is 42.7 Å². The van der Waals surface area contributed by atoms with Gasteiger partial charge in [-0.25, -0.2) is 17.5 Å². The Kier molecular flexibility index (Phi) is 6.94. The highest BCUT2D eigenvalue weighted by Crippen LogP contribution is 2.16. The first kappa shape index (κ1) is 17.4. The zero-order valence-electron chi connectivity index (χ0n) is 11.9. The van der Waals surface area contributed by atoms with E-state index in [0.29, 0.717) is 18.7 Å². The summed E-state index contributed by atoms with van der Waals surface area (Å²) in [6, 6.07) is 4.17. The van der Waals surface area contributed by atoms with Crippen molar-refractivity contribution in [2.75, 3.05) is 25.6 Å². The molecule has 7 heteroatoms. The number of hydrogen-bond acceptors (Lipinski definition) is 4. The maximum atomic E-state index is 13.9. The molecule has 0 amide bonds. The van der Waals surface area contributed by atoms with Gasteiger partial charge in [0, 0.05) is 13.1 Å². The van der Waals surface area contributed by atoms with E-state index in [0.717, 1.165) is 5.75 Å². The van der Waals surface area contributed by atoms with Crippen LogP contribution in [0.2, 0.25) is 0 Å². The number of thioether (sulfide) groups is 1. The van der Waals surface area contributed by atoms with E-state index in [2.05, 4.69) is 10.0 Å². The molecule has 0 aliphatic heterocycles. The van der Waals surface area contributed by atoms with Crippen molar-refractivity contribution in [3.63, 3.8) is 0 Å². The van der Waals surface area contributed by atoms with E-state index in [1.807, 2.05) is 13.2 Å². The van der Waals surface area contributed by atoms with Crippen LogP contribution in [0.4, 0.5) is 4.39 Å². The maximum Gasteiger partial charge on any atom is 0.243 e. The highest BCUT2D eigenvalue weighted by atomic mass is 32.2. The molecule has 0 aromatic heterocycles. The van der Waals surface area contributed by atoms with Crippen molar-refractivity contribution in [1.82, 2.24) is 10.0 Å². The molecule has 2 N–H and O–H groups in total. The standard InChI is InChI=1S/C13H21FN2O2S2/c1-10(9-19-3)7-16-20(17,18)13-5-4-11(8-15-2)6-12(13)14/h4-6,10,15-16H,7-9H2,1-3H3. The zero-order chi connectivity index (χ0) is 15.2. The summed E-state index contributed by atoms with van der Waals surface area (Å²) < 4.78 is 40.5. The molecule has 0 bridgehead atoms. The first-order valence-corrected chi connectivity index (χ1v) is 9.20. The Morgan fingerprint density at radius 3 is 2.65 bits per heavy atom. The Labute approximate surface area is 124 Å². The van der Waals surface area contributed by atoms with Crippen molar-refractivity contribution in [3.05, 3.63) is 29.6 Å². The van der Waals surface area contributed by atoms with Gasteiger partial charge in [0.15, 0.2) is 0 Å². The van der Waals surface area contributed by atoms with E-state index in [4.69, 9.17) is 0 Å². The molecule has 1 atom stereocenters. The van der Waals surface area contributed by atoms with E-state index in [-0.39, 0.29) is 10.8 Å². The molecule has 4 nitrogen and oxygen atoms in total. The van der Waals surface area contributed by atoms with Crippen molar-refractivity contribution in [3.8, 4) is 0 Å². The van der Waals surface area contributed by atoms with Crippen molar-refractivity contribution in [2.24, 2.45) is 5.92 Å². The van der Waals surface area contributed by atoms with E-state index in [1.165, 1.54) is 12.1 Å². The van der Waals surface area contributed by atoms with E-state index in [1.54, 1.807) is 24.9 Å². The number of hydrogen-bond donors (Lipinski definition) is 2. The van der Waals surface area contributed by atoms with Crippen LogP contribution >= 0.6 is 11.8 Å². The Morgan fingerprint density at radius 1 is 1.40 bits per heavy atom. The first-order valence-electron chi connectivity index (χ1n) is 6.32. The quantitative estimate of drug-likeness (QED) is 0.767. The second-order valence-electron chi connectivity index (χ2n) is 4.71. The van der Waals surface area contributed by atoms with Gasteiger partial charge in [-0.3, -0.25) is 0 Å². The molecule has 1 unspecified atom stereocenters. The summed E-state index contributed by atoms with van der Waals surface area (Å²) in [5, 5.41) is 2.89. The van der Waals surface area contributed by atoms with Gasteiger partial charge in [0.05, 0.1) is 0 Å². The lowest BCUT2D eigenvalue weighted by Crippen LogP contribution is -2.30. The number of halogens is 1. The third kappa shape index (κ3) is 5.05. The number of rotatable bonds is 8. The topological polar surface area (TPSA) is 58.2 Å². The van der Waals surface area contributed by atoms with Crippen LogP contribution in [0.5, 0.6) is 0 Å². The minimum Gasteiger partial charge on any atom is -0.316 e. The Morgan fingerprint density at radius 2 is 2.10 bits per heavy atom. The predicted octanol–water partition coefficient (Wildman–Crippen LogP) is 1.82. The monoisotopic (exact) mass is 320 g/mol. The van der Waals surface area contributed by atoms with Crippen molar-refractivity contribution in [2.45, 2.75) is 18.4 Å². The van der Waals surface area contributed by atoms with Gasteiger partial charge >= 0.3 is 0 Å². The SMILES string of the molecule is CNCc1ccc(S(=O)(=O)NCC(C)CSC)c(F)c1. The van der Waals surface area contributed by atoms with Gasteiger partial charge in [0.2, 0.25) is 10.0 Å². The van der Waals surface area contributed by atoms with Gasteiger partial charge < -0.3 is 5.32 Å². The second-order valence-corrected chi connectivity index (χ2v) is 7.35. The molecule has 0 radical (unpaired) electrons. The molecular formula is C13H21FN2O2S2.